The predicted molar refractivity (Wildman–Crippen MR) is 78.7 cm³/mol. The molecule has 5 heteroatoms. The van der Waals surface area contributed by atoms with Gasteiger partial charge in [-0.05, 0) is 36.6 Å². The number of nitrogens with one attached hydrogen (secondary N) is 1. The molecule has 1 aromatic heterocycles. The highest BCUT2D eigenvalue weighted by Gasteiger charge is 2.20. The summed E-state index contributed by atoms with van der Waals surface area (Å²) in [6.07, 6.45) is 4.97. The first-order valence-electron chi connectivity index (χ1n) is 7.33. The lowest BCUT2D eigenvalue weighted by Crippen LogP contribution is -2.15. The van der Waals surface area contributed by atoms with E-state index in [1.54, 1.807) is 12.3 Å². The number of nitrogens with zero attached hydrogens (tertiary/aromatic N) is 2. The minimum atomic E-state index is -0.249. The van der Waals surface area contributed by atoms with Gasteiger partial charge in [0.15, 0.2) is 0 Å². The first-order valence-corrected chi connectivity index (χ1v) is 7.33. The Morgan fingerprint density at radius 1 is 1.38 bits per heavy atom. The third-order valence-electron chi connectivity index (χ3n) is 3.65. The van der Waals surface area contributed by atoms with Gasteiger partial charge in [0.1, 0.15) is 11.6 Å². The van der Waals surface area contributed by atoms with Gasteiger partial charge < -0.3 is 10.1 Å². The Labute approximate surface area is 123 Å². The maximum absolute atomic E-state index is 13.6. The molecule has 1 N–H and O–H groups in total. The SMILES string of the molecule is Cn1nccc1CCOc1cc(F)cc(CNC2CC2)c1. The van der Waals surface area contributed by atoms with Gasteiger partial charge in [0, 0.05) is 44.0 Å². The van der Waals surface area contributed by atoms with Gasteiger partial charge >= 0.3 is 0 Å². The first-order chi connectivity index (χ1) is 10.2. The molecule has 0 saturated heterocycles. The number of ether oxygens (including phenoxy) is 1. The number of hydrogen-bond donors (Lipinski definition) is 1. The Hall–Kier alpha value is -1.88. The van der Waals surface area contributed by atoms with Crippen molar-refractivity contribution in [1.82, 2.24) is 15.1 Å². The number of aromatic nitrogens is 2. The fraction of sp³-hybridized carbons (Fsp3) is 0.438. The van der Waals surface area contributed by atoms with Crippen LogP contribution in [0.2, 0.25) is 0 Å². The van der Waals surface area contributed by atoms with Crippen molar-refractivity contribution in [2.45, 2.75) is 31.8 Å². The zero-order valence-corrected chi connectivity index (χ0v) is 12.2. The number of hydrogen-bond acceptors (Lipinski definition) is 3. The second-order valence-corrected chi connectivity index (χ2v) is 5.49. The van der Waals surface area contributed by atoms with Crippen molar-refractivity contribution in [1.29, 1.82) is 0 Å². The summed E-state index contributed by atoms with van der Waals surface area (Å²) in [7, 11) is 1.90. The van der Waals surface area contributed by atoms with Gasteiger partial charge in [-0.25, -0.2) is 4.39 Å². The zero-order valence-electron chi connectivity index (χ0n) is 12.2. The Kier molecular flexibility index (Phi) is 4.20. The third kappa shape index (κ3) is 4.04. The topological polar surface area (TPSA) is 39.1 Å². The van der Waals surface area contributed by atoms with E-state index in [0.717, 1.165) is 17.7 Å². The standard InChI is InChI=1S/C16H20FN3O/c1-20-15(4-6-19-20)5-7-21-16-9-12(8-13(17)10-16)11-18-14-2-3-14/h4,6,8-10,14,18H,2-3,5,7,11H2,1H3. The van der Waals surface area contributed by atoms with E-state index >= 15 is 0 Å². The van der Waals surface area contributed by atoms with Crippen molar-refractivity contribution in [2.24, 2.45) is 7.05 Å². The first kappa shape index (κ1) is 14.1. The average Bonchev–Trinajstić information content (AvgIpc) is 3.19. The lowest BCUT2D eigenvalue weighted by atomic mass is 10.2. The molecule has 112 valence electrons. The quantitative estimate of drug-likeness (QED) is 0.851. The van der Waals surface area contributed by atoms with Crippen molar-refractivity contribution < 1.29 is 9.13 Å². The van der Waals surface area contributed by atoms with Crippen LogP contribution in [0.25, 0.3) is 0 Å². The van der Waals surface area contributed by atoms with Crippen LogP contribution in [-0.4, -0.2) is 22.4 Å². The van der Waals surface area contributed by atoms with Gasteiger partial charge in [-0.2, -0.15) is 5.10 Å². The molecule has 3 rings (SSSR count). The molecule has 4 nitrogen and oxygen atoms in total. The highest BCUT2D eigenvalue weighted by molar-refractivity contribution is 5.29. The number of benzene rings is 1. The Morgan fingerprint density at radius 2 is 2.24 bits per heavy atom. The van der Waals surface area contributed by atoms with Gasteiger partial charge in [0.2, 0.25) is 0 Å². The number of rotatable bonds is 7. The van der Waals surface area contributed by atoms with E-state index < -0.39 is 0 Å². The summed E-state index contributed by atoms with van der Waals surface area (Å²) in [6.45, 7) is 1.21. The van der Waals surface area contributed by atoms with E-state index in [0.29, 0.717) is 24.9 Å². The van der Waals surface area contributed by atoms with Crippen LogP contribution in [0.1, 0.15) is 24.1 Å². The molecule has 0 spiro atoms. The highest BCUT2D eigenvalue weighted by atomic mass is 19.1. The van der Waals surface area contributed by atoms with Crippen molar-refractivity contribution in [3.8, 4) is 5.75 Å². The molecule has 1 saturated carbocycles. The second kappa shape index (κ2) is 6.26. The summed E-state index contributed by atoms with van der Waals surface area (Å²) >= 11 is 0. The van der Waals surface area contributed by atoms with Gasteiger partial charge in [0.05, 0.1) is 6.61 Å². The monoisotopic (exact) mass is 289 g/mol. The predicted octanol–water partition coefficient (Wildman–Crippen LogP) is 2.43. The van der Waals surface area contributed by atoms with E-state index in [2.05, 4.69) is 10.4 Å². The molecule has 21 heavy (non-hydrogen) atoms. The molecule has 1 heterocycles. The molecule has 1 fully saturated rings. The highest BCUT2D eigenvalue weighted by Crippen LogP contribution is 2.21. The summed E-state index contributed by atoms with van der Waals surface area (Å²) in [5.74, 6) is 0.338. The summed E-state index contributed by atoms with van der Waals surface area (Å²) in [6, 6.07) is 7.47. The molecule has 0 bridgehead atoms. The van der Waals surface area contributed by atoms with Crippen LogP contribution in [0, 0.1) is 5.82 Å². The van der Waals surface area contributed by atoms with Crippen molar-refractivity contribution in [3.05, 3.63) is 47.5 Å². The van der Waals surface area contributed by atoms with E-state index in [1.165, 1.54) is 18.9 Å². The average molecular weight is 289 g/mol. The molecule has 1 aromatic carbocycles. The number of halogens is 1. The van der Waals surface area contributed by atoms with Crippen LogP contribution in [0.4, 0.5) is 4.39 Å². The second-order valence-electron chi connectivity index (χ2n) is 5.49. The van der Waals surface area contributed by atoms with E-state index in [-0.39, 0.29) is 5.82 Å². The normalized spacial score (nSPS) is 14.4. The molecule has 0 aliphatic heterocycles. The summed E-state index contributed by atoms with van der Waals surface area (Å²) in [5, 5.41) is 7.49. The molecular formula is C16H20FN3O. The minimum Gasteiger partial charge on any atom is -0.493 e. The summed E-state index contributed by atoms with van der Waals surface area (Å²) < 4.78 is 21.1. The van der Waals surface area contributed by atoms with Gasteiger partial charge in [-0.15, -0.1) is 0 Å². The Bertz CT molecular complexity index is 607. The molecule has 1 aliphatic rings. The largest absolute Gasteiger partial charge is 0.493 e. The molecular weight excluding hydrogens is 269 g/mol. The van der Waals surface area contributed by atoms with Gasteiger partial charge in [0.25, 0.3) is 0 Å². The van der Waals surface area contributed by atoms with Crippen LogP contribution >= 0.6 is 0 Å². The lowest BCUT2D eigenvalue weighted by molar-refractivity contribution is 0.316. The zero-order chi connectivity index (χ0) is 14.7. The smallest absolute Gasteiger partial charge is 0.127 e. The maximum Gasteiger partial charge on any atom is 0.127 e. The Morgan fingerprint density at radius 3 is 2.95 bits per heavy atom. The van der Waals surface area contributed by atoms with Crippen LogP contribution in [-0.2, 0) is 20.0 Å². The maximum atomic E-state index is 13.6. The van der Waals surface area contributed by atoms with Gasteiger partial charge in [-0.1, -0.05) is 0 Å². The van der Waals surface area contributed by atoms with Crippen LogP contribution in [0.15, 0.2) is 30.5 Å². The molecule has 0 atom stereocenters. The van der Waals surface area contributed by atoms with Crippen molar-refractivity contribution >= 4 is 0 Å². The van der Waals surface area contributed by atoms with Crippen LogP contribution < -0.4 is 10.1 Å². The van der Waals surface area contributed by atoms with Gasteiger partial charge in [-0.3, -0.25) is 4.68 Å². The summed E-state index contributed by atoms with van der Waals surface area (Å²) in [5.41, 5.74) is 2.03. The van der Waals surface area contributed by atoms with E-state index in [4.69, 9.17) is 4.74 Å². The molecule has 0 amide bonds. The molecule has 1 aliphatic carbocycles. The lowest BCUT2D eigenvalue weighted by Gasteiger charge is -2.09. The van der Waals surface area contributed by atoms with Crippen LogP contribution in [0.3, 0.4) is 0 Å². The minimum absolute atomic E-state index is 0.249. The molecule has 2 aromatic rings. The van der Waals surface area contributed by atoms with Crippen LogP contribution in [0.5, 0.6) is 5.75 Å². The molecule has 0 radical (unpaired) electrons. The fourth-order valence-electron chi connectivity index (χ4n) is 2.28. The fourth-order valence-corrected chi connectivity index (χ4v) is 2.28. The third-order valence-corrected chi connectivity index (χ3v) is 3.65. The van der Waals surface area contributed by atoms with E-state index in [9.17, 15) is 4.39 Å². The van der Waals surface area contributed by atoms with Crippen molar-refractivity contribution in [3.63, 3.8) is 0 Å². The van der Waals surface area contributed by atoms with Crippen molar-refractivity contribution in [2.75, 3.05) is 6.61 Å². The summed E-state index contributed by atoms with van der Waals surface area (Å²) in [4.78, 5) is 0. The van der Waals surface area contributed by atoms with E-state index in [1.807, 2.05) is 23.9 Å². The molecule has 0 unspecified atom stereocenters. The Balaban J connectivity index is 1.55. The number of aryl methyl sites for hydroxylation is 1.